The van der Waals surface area contributed by atoms with E-state index in [1.54, 1.807) is 6.07 Å². The molecule has 2 aromatic rings. The number of rotatable bonds is 3. The van der Waals surface area contributed by atoms with Crippen molar-refractivity contribution in [2.45, 2.75) is 13.5 Å². The molecular weight excluding hydrogens is 223 g/mol. The Labute approximate surface area is 98.0 Å². The number of aryl methyl sites for hydroxylation is 1. The van der Waals surface area contributed by atoms with Gasteiger partial charge in [0.2, 0.25) is 0 Å². The lowest BCUT2D eigenvalue weighted by molar-refractivity contribution is 0.289. The Morgan fingerprint density at radius 3 is 2.76 bits per heavy atom. The molecule has 0 aliphatic rings. The average Bonchev–Trinajstić information content (AvgIpc) is 2.62. The molecule has 1 aromatic carbocycles. The first-order chi connectivity index (χ1) is 8.08. The van der Waals surface area contributed by atoms with Gasteiger partial charge >= 0.3 is 0 Å². The highest BCUT2D eigenvalue weighted by Gasteiger charge is 2.06. The third kappa shape index (κ3) is 2.35. The summed E-state index contributed by atoms with van der Waals surface area (Å²) >= 11 is 0. The van der Waals surface area contributed by atoms with E-state index in [4.69, 9.17) is 10.5 Å². The number of hydrogen-bond acceptors (Lipinski definition) is 4. The van der Waals surface area contributed by atoms with Crippen LogP contribution in [0.1, 0.15) is 11.6 Å². The minimum absolute atomic E-state index is 0.104. The van der Waals surface area contributed by atoms with Crippen molar-refractivity contribution in [3.63, 3.8) is 0 Å². The van der Waals surface area contributed by atoms with Crippen LogP contribution in [0.2, 0.25) is 0 Å². The SMILES string of the molecule is Cc1nnc(COc2ccc(N)c(F)c2)n1C. The molecule has 0 bridgehead atoms. The number of nitrogens with zero attached hydrogens (tertiary/aromatic N) is 3. The first-order valence-corrected chi connectivity index (χ1v) is 5.10. The Balaban J connectivity index is 2.07. The van der Waals surface area contributed by atoms with Crippen LogP contribution < -0.4 is 10.5 Å². The van der Waals surface area contributed by atoms with Crippen LogP contribution in [-0.2, 0) is 13.7 Å². The van der Waals surface area contributed by atoms with Crippen LogP contribution in [0.15, 0.2) is 18.2 Å². The fourth-order valence-corrected chi connectivity index (χ4v) is 1.32. The molecule has 0 radical (unpaired) electrons. The van der Waals surface area contributed by atoms with Gasteiger partial charge in [-0.15, -0.1) is 10.2 Å². The topological polar surface area (TPSA) is 66.0 Å². The van der Waals surface area contributed by atoms with Gasteiger partial charge in [-0.05, 0) is 19.1 Å². The molecule has 17 heavy (non-hydrogen) atoms. The Kier molecular flexibility index (Phi) is 2.95. The predicted molar refractivity (Wildman–Crippen MR) is 60.9 cm³/mol. The standard InChI is InChI=1S/C11H13FN4O/c1-7-14-15-11(16(7)2)6-17-8-3-4-10(13)9(12)5-8/h3-5H,6,13H2,1-2H3. The maximum Gasteiger partial charge on any atom is 0.170 e. The third-order valence-corrected chi connectivity index (χ3v) is 2.52. The summed E-state index contributed by atoms with van der Waals surface area (Å²) in [6.07, 6.45) is 0. The summed E-state index contributed by atoms with van der Waals surface area (Å²) in [5.74, 6) is 1.40. The van der Waals surface area contributed by atoms with E-state index >= 15 is 0 Å². The molecule has 90 valence electrons. The van der Waals surface area contributed by atoms with Crippen molar-refractivity contribution >= 4 is 5.69 Å². The molecule has 0 aliphatic heterocycles. The second-order valence-corrected chi connectivity index (χ2v) is 3.69. The van der Waals surface area contributed by atoms with Gasteiger partial charge in [0.1, 0.15) is 24.0 Å². The smallest absolute Gasteiger partial charge is 0.170 e. The number of anilines is 1. The average molecular weight is 236 g/mol. The second-order valence-electron chi connectivity index (χ2n) is 3.69. The summed E-state index contributed by atoms with van der Waals surface area (Å²) < 4.78 is 20.4. The van der Waals surface area contributed by atoms with Crippen molar-refractivity contribution in [1.82, 2.24) is 14.8 Å². The van der Waals surface area contributed by atoms with Gasteiger partial charge in [0.15, 0.2) is 5.82 Å². The van der Waals surface area contributed by atoms with E-state index < -0.39 is 5.82 Å². The molecule has 1 heterocycles. The van der Waals surface area contributed by atoms with Crippen LogP contribution in [0.25, 0.3) is 0 Å². The summed E-state index contributed by atoms with van der Waals surface area (Å²) in [6.45, 7) is 2.08. The molecule has 5 nitrogen and oxygen atoms in total. The lowest BCUT2D eigenvalue weighted by atomic mass is 10.3. The second kappa shape index (κ2) is 4.40. The largest absolute Gasteiger partial charge is 0.485 e. The molecule has 0 fully saturated rings. The summed E-state index contributed by atoms with van der Waals surface area (Å²) in [7, 11) is 1.84. The third-order valence-electron chi connectivity index (χ3n) is 2.52. The Morgan fingerprint density at radius 2 is 2.18 bits per heavy atom. The van der Waals surface area contributed by atoms with Gasteiger partial charge in [-0.25, -0.2) is 4.39 Å². The van der Waals surface area contributed by atoms with Crippen molar-refractivity contribution in [3.05, 3.63) is 35.7 Å². The summed E-state index contributed by atoms with van der Waals surface area (Å²) in [5.41, 5.74) is 5.47. The number of nitrogen functional groups attached to an aromatic ring is 1. The molecule has 0 amide bonds. The highest BCUT2D eigenvalue weighted by atomic mass is 19.1. The van der Waals surface area contributed by atoms with Crippen molar-refractivity contribution in [1.29, 1.82) is 0 Å². The van der Waals surface area contributed by atoms with Crippen LogP contribution in [0.4, 0.5) is 10.1 Å². The Morgan fingerprint density at radius 1 is 1.41 bits per heavy atom. The summed E-state index contributed by atoms with van der Waals surface area (Å²) in [5, 5.41) is 7.84. The molecule has 6 heteroatoms. The molecule has 0 saturated heterocycles. The van der Waals surface area contributed by atoms with E-state index in [0.29, 0.717) is 11.6 Å². The van der Waals surface area contributed by atoms with Crippen molar-refractivity contribution < 1.29 is 9.13 Å². The molecule has 0 saturated carbocycles. The maximum atomic E-state index is 13.2. The quantitative estimate of drug-likeness (QED) is 0.818. The van der Waals surface area contributed by atoms with E-state index in [0.717, 1.165) is 5.82 Å². The fourth-order valence-electron chi connectivity index (χ4n) is 1.32. The van der Waals surface area contributed by atoms with E-state index in [9.17, 15) is 4.39 Å². The van der Waals surface area contributed by atoms with Crippen LogP contribution in [0.3, 0.4) is 0 Å². The normalized spacial score (nSPS) is 10.5. The number of halogens is 1. The van der Waals surface area contributed by atoms with Crippen LogP contribution in [0.5, 0.6) is 5.75 Å². The van der Waals surface area contributed by atoms with Gasteiger partial charge in [0.05, 0.1) is 5.69 Å². The first kappa shape index (κ1) is 11.4. The zero-order chi connectivity index (χ0) is 12.4. The van der Waals surface area contributed by atoms with E-state index in [-0.39, 0.29) is 12.3 Å². The van der Waals surface area contributed by atoms with Gasteiger partial charge in [0, 0.05) is 13.1 Å². The van der Waals surface area contributed by atoms with Gasteiger partial charge in [0.25, 0.3) is 0 Å². The van der Waals surface area contributed by atoms with Crippen molar-refractivity contribution in [2.24, 2.45) is 7.05 Å². The van der Waals surface area contributed by atoms with Crippen LogP contribution in [-0.4, -0.2) is 14.8 Å². The number of nitrogens with two attached hydrogens (primary N) is 1. The zero-order valence-corrected chi connectivity index (χ0v) is 9.64. The minimum Gasteiger partial charge on any atom is -0.485 e. The minimum atomic E-state index is -0.489. The Hall–Kier alpha value is -2.11. The zero-order valence-electron chi connectivity index (χ0n) is 9.64. The Bertz CT molecular complexity index is 538. The van der Waals surface area contributed by atoms with E-state index in [1.807, 2.05) is 18.5 Å². The predicted octanol–water partition coefficient (Wildman–Crippen LogP) is 1.42. The van der Waals surface area contributed by atoms with Crippen LogP contribution in [0, 0.1) is 12.7 Å². The number of benzene rings is 1. The molecule has 2 N–H and O–H groups in total. The van der Waals surface area contributed by atoms with E-state index in [1.165, 1.54) is 12.1 Å². The summed E-state index contributed by atoms with van der Waals surface area (Å²) in [6, 6.07) is 4.33. The molecule has 1 aromatic heterocycles. The van der Waals surface area contributed by atoms with Gasteiger partial charge in [-0.1, -0.05) is 0 Å². The van der Waals surface area contributed by atoms with Crippen molar-refractivity contribution in [3.8, 4) is 5.75 Å². The number of hydrogen-bond donors (Lipinski definition) is 1. The molecule has 0 spiro atoms. The van der Waals surface area contributed by atoms with Crippen LogP contribution >= 0.6 is 0 Å². The molecular formula is C11H13FN4O. The molecule has 0 atom stereocenters. The number of aromatic nitrogens is 3. The van der Waals surface area contributed by atoms with Gasteiger partial charge in [-0.3, -0.25) is 0 Å². The lowest BCUT2D eigenvalue weighted by Crippen LogP contribution is -2.04. The summed E-state index contributed by atoms with van der Waals surface area (Å²) in [4.78, 5) is 0. The van der Waals surface area contributed by atoms with Gasteiger partial charge in [-0.2, -0.15) is 0 Å². The van der Waals surface area contributed by atoms with Crippen molar-refractivity contribution in [2.75, 3.05) is 5.73 Å². The van der Waals surface area contributed by atoms with E-state index in [2.05, 4.69) is 10.2 Å². The fraction of sp³-hybridized carbons (Fsp3) is 0.273. The molecule has 2 rings (SSSR count). The monoisotopic (exact) mass is 236 g/mol. The first-order valence-electron chi connectivity index (χ1n) is 5.10. The number of ether oxygens (including phenoxy) is 1. The molecule has 0 unspecified atom stereocenters. The molecule has 0 aliphatic carbocycles. The highest BCUT2D eigenvalue weighted by Crippen LogP contribution is 2.18. The van der Waals surface area contributed by atoms with Gasteiger partial charge < -0.3 is 15.0 Å². The maximum absolute atomic E-state index is 13.2. The highest BCUT2D eigenvalue weighted by molar-refractivity contribution is 5.43. The lowest BCUT2D eigenvalue weighted by Gasteiger charge is -2.06.